The standard InChI is InChI=1S/C25H30N10O/c1-33-12-14-34(15-13-33)21-6-9-23-24(16-21)29-25(28-23)19-4-7-22(8-5-19)36-18-20-17-35(32-30-20)11-3-2-10-27-31-26/h4-9,16-17H,2-3,10-15,18H2,1H3,(H,28,29). The van der Waals surface area contributed by atoms with Crippen molar-refractivity contribution in [2.75, 3.05) is 44.7 Å². The Balaban J connectivity index is 1.17. The smallest absolute Gasteiger partial charge is 0.138 e. The molecule has 1 aliphatic rings. The van der Waals surface area contributed by atoms with E-state index in [0.717, 1.165) is 79.4 Å². The van der Waals surface area contributed by atoms with Gasteiger partial charge in [0.1, 0.15) is 23.9 Å². The number of hydrogen-bond donors (Lipinski definition) is 1. The summed E-state index contributed by atoms with van der Waals surface area (Å²) >= 11 is 0. The van der Waals surface area contributed by atoms with Gasteiger partial charge in [-0.15, -0.1) is 5.10 Å². The average Bonchev–Trinajstić information content (AvgIpc) is 3.54. The third-order valence-corrected chi connectivity index (χ3v) is 6.39. The number of ether oxygens (including phenoxy) is 1. The number of rotatable bonds is 10. The van der Waals surface area contributed by atoms with E-state index >= 15 is 0 Å². The molecule has 0 aliphatic carbocycles. The molecule has 1 aliphatic heterocycles. The highest BCUT2D eigenvalue weighted by Crippen LogP contribution is 2.26. The Morgan fingerprint density at radius 3 is 2.72 bits per heavy atom. The first-order chi connectivity index (χ1) is 17.7. The molecule has 5 rings (SSSR count). The molecule has 0 bridgehead atoms. The van der Waals surface area contributed by atoms with Gasteiger partial charge in [0, 0.05) is 55.4 Å². The predicted octanol–water partition coefficient (Wildman–Crippen LogP) is 4.24. The highest BCUT2D eigenvalue weighted by molar-refractivity contribution is 5.83. The van der Waals surface area contributed by atoms with E-state index in [2.05, 4.69) is 60.4 Å². The molecule has 11 nitrogen and oxygen atoms in total. The summed E-state index contributed by atoms with van der Waals surface area (Å²) in [5, 5.41) is 11.8. The van der Waals surface area contributed by atoms with E-state index < -0.39 is 0 Å². The first-order valence-electron chi connectivity index (χ1n) is 12.2. The van der Waals surface area contributed by atoms with Crippen molar-refractivity contribution in [1.29, 1.82) is 0 Å². The summed E-state index contributed by atoms with van der Waals surface area (Å²) in [4.78, 5) is 15.8. The molecule has 36 heavy (non-hydrogen) atoms. The van der Waals surface area contributed by atoms with E-state index in [0.29, 0.717) is 13.2 Å². The average molecular weight is 487 g/mol. The number of aromatic nitrogens is 5. The zero-order chi connectivity index (χ0) is 24.7. The molecule has 1 fully saturated rings. The van der Waals surface area contributed by atoms with Crippen LogP contribution in [0, 0.1) is 0 Å². The van der Waals surface area contributed by atoms with Crippen LogP contribution < -0.4 is 9.64 Å². The lowest BCUT2D eigenvalue weighted by Gasteiger charge is -2.34. The highest BCUT2D eigenvalue weighted by Gasteiger charge is 2.15. The minimum absolute atomic E-state index is 0.345. The van der Waals surface area contributed by atoms with Gasteiger partial charge in [-0.3, -0.25) is 4.68 Å². The lowest BCUT2D eigenvalue weighted by atomic mass is 10.2. The number of likely N-dealkylation sites (N-methyl/N-ethyl adjacent to an activating group) is 1. The van der Waals surface area contributed by atoms with Crippen LogP contribution in [0.1, 0.15) is 18.5 Å². The summed E-state index contributed by atoms with van der Waals surface area (Å²) in [5.74, 6) is 1.60. The monoisotopic (exact) mass is 486 g/mol. The van der Waals surface area contributed by atoms with Gasteiger partial charge in [-0.25, -0.2) is 4.98 Å². The Morgan fingerprint density at radius 1 is 1.08 bits per heavy atom. The number of aromatic amines is 1. The second kappa shape index (κ2) is 11.1. The lowest BCUT2D eigenvalue weighted by molar-refractivity contribution is 0.301. The molecule has 0 saturated carbocycles. The fraction of sp³-hybridized carbons (Fsp3) is 0.400. The molecule has 2 aromatic heterocycles. The van der Waals surface area contributed by atoms with Crippen molar-refractivity contribution in [3.05, 3.63) is 64.8 Å². The van der Waals surface area contributed by atoms with Crippen LogP contribution in [0.15, 0.2) is 53.8 Å². The van der Waals surface area contributed by atoms with Crippen LogP contribution >= 0.6 is 0 Å². The van der Waals surface area contributed by atoms with Crippen LogP contribution in [0.25, 0.3) is 32.9 Å². The molecule has 0 atom stereocenters. The predicted molar refractivity (Wildman–Crippen MR) is 139 cm³/mol. The number of nitrogens with one attached hydrogen (secondary N) is 1. The molecule has 1 saturated heterocycles. The van der Waals surface area contributed by atoms with E-state index in [1.54, 1.807) is 4.68 Å². The van der Waals surface area contributed by atoms with Crippen molar-refractivity contribution in [2.45, 2.75) is 26.0 Å². The van der Waals surface area contributed by atoms with Crippen molar-refractivity contribution in [1.82, 2.24) is 29.9 Å². The van der Waals surface area contributed by atoms with Gasteiger partial charge in [-0.05, 0) is 67.9 Å². The summed E-state index contributed by atoms with van der Waals surface area (Å²) in [6.45, 7) is 5.83. The number of nitrogens with zero attached hydrogens (tertiary/aromatic N) is 9. The van der Waals surface area contributed by atoms with Gasteiger partial charge in [0.15, 0.2) is 0 Å². The molecule has 0 unspecified atom stereocenters. The first kappa shape index (κ1) is 23.7. The molecule has 0 spiro atoms. The maximum atomic E-state index is 8.31. The third-order valence-electron chi connectivity index (χ3n) is 6.39. The number of aryl methyl sites for hydroxylation is 1. The van der Waals surface area contributed by atoms with E-state index in [1.807, 2.05) is 30.5 Å². The number of hydrogen-bond acceptors (Lipinski definition) is 7. The Labute approximate surface area is 209 Å². The molecule has 4 aromatic rings. The van der Waals surface area contributed by atoms with Crippen LogP contribution in [-0.4, -0.2) is 69.6 Å². The fourth-order valence-electron chi connectivity index (χ4n) is 4.28. The zero-order valence-electron chi connectivity index (χ0n) is 20.4. The Bertz CT molecular complexity index is 1330. The number of imidazole rings is 1. The number of azide groups is 1. The normalized spacial score (nSPS) is 14.2. The van der Waals surface area contributed by atoms with Crippen molar-refractivity contribution in [2.24, 2.45) is 5.11 Å². The van der Waals surface area contributed by atoms with E-state index in [9.17, 15) is 0 Å². The highest BCUT2D eigenvalue weighted by atomic mass is 16.5. The van der Waals surface area contributed by atoms with Crippen LogP contribution in [0.4, 0.5) is 5.69 Å². The molecule has 186 valence electrons. The summed E-state index contributed by atoms with van der Waals surface area (Å²) in [6.07, 6.45) is 3.58. The van der Waals surface area contributed by atoms with Crippen LogP contribution in [0.3, 0.4) is 0 Å². The van der Waals surface area contributed by atoms with Gasteiger partial charge in [-0.2, -0.15) is 0 Å². The Morgan fingerprint density at radius 2 is 1.92 bits per heavy atom. The van der Waals surface area contributed by atoms with Crippen molar-refractivity contribution >= 4 is 16.7 Å². The number of piperazine rings is 1. The summed E-state index contributed by atoms with van der Waals surface area (Å²) < 4.78 is 7.68. The Kier molecular flexibility index (Phi) is 7.30. The Hall–Kier alpha value is -4.08. The molecule has 1 N–H and O–H groups in total. The molecule has 11 heteroatoms. The van der Waals surface area contributed by atoms with Gasteiger partial charge in [-0.1, -0.05) is 10.3 Å². The lowest BCUT2D eigenvalue weighted by Crippen LogP contribution is -2.44. The molecule has 0 amide bonds. The van der Waals surface area contributed by atoms with Crippen LogP contribution in [-0.2, 0) is 13.2 Å². The summed E-state index contributed by atoms with van der Waals surface area (Å²) in [6, 6.07) is 14.4. The quantitative estimate of drug-likeness (QED) is 0.155. The van der Waals surface area contributed by atoms with Gasteiger partial charge >= 0.3 is 0 Å². The van der Waals surface area contributed by atoms with Gasteiger partial charge < -0.3 is 19.5 Å². The van der Waals surface area contributed by atoms with Crippen LogP contribution in [0.5, 0.6) is 5.75 Å². The van der Waals surface area contributed by atoms with Crippen molar-refractivity contribution < 1.29 is 4.74 Å². The summed E-state index contributed by atoms with van der Waals surface area (Å²) in [5.41, 5.74) is 13.3. The number of anilines is 1. The minimum Gasteiger partial charge on any atom is -0.487 e. The first-order valence-corrected chi connectivity index (χ1v) is 12.2. The number of H-pyrrole nitrogens is 1. The van der Waals surface area contributed by atoms with Crippen LogP contribution in [0.2, 0.25) is 0 Å². The number of fused-ring (bicyclic) bond motifs is 1. The van der Waals surface area contributed by atoms with Gasteiger partial charge in [0.05, 0.1) is 17.2 Å². The molecule has 0 radical (unpaired) electrons. The fourth-order valence-corrected chi connectivity index (χ4v) is 4.28. The third kappa shape index (κ3) is 5.76. The maximum absolute atomic E-state index is 8.31. The molecule has 3 heterocycles. The zero-order valence-corrected chi connectivity index (χ0v) is 20.4. The largest absolute Gasteiger partial charge is 0.487 e. The molecular weight excluding hydrogens is 456 g/mol. The second-order valence-electron chi connectivity index (χ2n) is 9.02. The SMILES string of the molecule is CN1CCN(c2ccc3nc(-c4ccc(OCc5cn(CCCCN=[N+]=[N-])nn5)cc4)[nH]c3c2)CC1. The second-order valence-corrected chi connectivity index (χ2v) is 9.02. The van der Waals surface area contributed by atoms with E-state index in [4.69, 9.17) is 15.3 Å². The van der Waals surface area contributed by atoms with E-state index in [1.165, 1.54) is 5.69 Å². The molecule has 2 aromatic carbocycles. The topological polar surface area (TPSA) is 124 Å². The number of benzene rings is 2. The maximum Gasteiger partial charge on any atom is 0.138 e. The minimum atomic E-state index is 0.345. The van der Waals surface area contributed by atoms with Crippen molar-refractivity contribution in [3.63, 3.8) is 0 Å². The summed E-state index contributed by atoms with van der Waals surface area (Å²) in [7, 11) is 2.17. The van der Waals surface area contributed by atoms with Gasteiger partial charge in [0.25, 0.3) is 0 Å². The van der Waals surface area contributed by atoms with Gasteiger partial charge in [0.2, 0.25) is 0 Å². The number of unbranched alkanes of at least 4 members (excludes halogenated alkanes) is 1. The molecular formula is C25H30N10O. The van der Waals surface area contributed by atoms with Crippen molar-refractivity contribution in [3.8, 4) is 17.1 Å². The van der Waals surface area contributed by atoms with E-state index in [-0.39, 0.29) is 0 Å².